The van der Waals surface area contributed by atoms with Crippen LogP contribution in [0.25, 0.3) is 11.0 Å². The van der Waals surface area contributed by atoms with Gasteiger partial charge in [0.2, 0.25) is 0 Å². The molecule has 3 rings (SSSR count). The number of halogens is 1. The van der Waals surface area contributed by atoms with Crippen LogP contribution in [0.3, 0.4) is 0 Å². The largest absolute Gasteiger partial charge is 0.458 e. The molecular weight excluding hydrogens is 272 g/mol. The van der Waals surface area contributed by atoms with Crippen LogP contribution < -0.4 is 0 Å². The lowest BCUT2D eigenvalue weighted by Crippen LogP contribution is -2.21. The first kappa shape index (κ1) is 13.2. The average Bonchev–Trinajstić information content (AvgIpc) is 2.83. The molecule has 2 nitrogen and oxygen atoms in total. The minimum atomic E-state index is -1.17. The van der Waals surface area contributed by atoms with Crippen molar-refractivity contribution in [2.75, 3.05) is 0 Å². The number of aliphatic hydroxyl groups is 1. The minimum absolute atomic E-state index is 0.513. The fourth-order valence-electron chi connectivity index (χ4n) is 2.27. The van der Waals surface area contributed by atoms with Crippen LogP contribution in [0.2, 0.25) is 5.02 Å². The number of rotatable bonds is 2. The highest BCUT2D eigenvalue weighted by atomic mass is 35.5. The van der Waals surface area contributed by atoms with Crippen LogP contribution >= 0.6 is 11.6 Å². The van der Waals surface area contributed by atoms with E-state index in [9.17, 15) is 5.11 Å². The monoisotopic (exact) mass is 286 g/mol. The van der Waals surface area contributed by atoms with Gasteiger partial charge in [0, 0.05) is 10.4 Å². The van der Waals surface area contributed by atoms with E-state index in [1.54, 1.807) is 13.0 Å². The zero-order valence-corrected chi connectivity index (χ0v) is 12.1. The molecule has 2 aromatic carbocycles. The zero-order valence-electron chi connectivity index (χ0n) is 11.4. The summed E-state index contributed by atoms with van der Waals surface area (Å²) in [5.41, 5.74) is 1.50. The quantitative estimate of drug-likeness (QED) is 0.744. The Morgan fingerprint density at radius 1 is 1.05 bits per heavy atom. The van der Waals surface area contributed by atoms with Crippen LogP contribution in [0.4, 0.5) is 0 Å². The normalized spacial score (nSPS) is 14.4. The number of furan rings is 1. The van der Waals surface area contributed by atoms with Gasteiger partial charge in [-0.1, -0.05) is 41.4 Å². The first-order chi connectivity index (χ1) is 9.46. The average molecular weight is 287 g/mol. The molecule has 1 N–H and O–H groups in total. The van der Waals surface area contributed by atoms with Gasteiger partial charge >= 0.3 is 0 Å². The van der Waals surface area contributed by atoms with E-state index in [0.717, 1.165) is 22.1 Å². The van der Waals surface area contributed by atoms with Gasteiger partial charge < -0.3 is 9.52 Å². The van der Waals surface area contributed by atoms with Gasteiger partial charge in [-0.25, -0.2) is 0 Å². The molecule has 0 bridgehead atoms. The molecule has 0 spiro atoms. The Kier molecular flexibility index (Phi) is 3.08. The molecule has 0 aliphatic carbocycles. The van der Waals surface area contributed by atoms with Gasteiger partial charge in [-0.05, 0) is 43.7 Å². The predicted molar refractivity (Wildman–Crippen MR) is 81.1 cm³/mol. The van der Waals surface area contributed by atoms with Crippen molar-refractivity contribution in [1.82, 2.24) is 0 Å². The second kappa shape index (κ2) is 4.65. The summed E-state index contributed by atoms with van der Waals surface area (Å²) in [6.07, 6.45) is 0. The Labute approximate surface area is 122 Å². The van der Waals surface area contributed by atoms with Crippen LogP contribution in [-0.4, -0.2) is 5.11 Å². The van der Waals surface area contributed by atoms with E-state index < -0.39 is 5.60 Å². The Morgan fingerprint density at radius 2 is 1.75 bits per heavy atom. The van der Waals surface area contributed by atoms with Crippen molar-refractivity contribution >= 4 is 22.6 Å². The Morgan fingerprint density at radius 3 is 2.45 bits per heavy atom. The SMILES string of the molecule is Cc1ccc(C(C)(O)c2cc3cc(Cl)ccc3o2)cc1. The third kappa shape index (κ3) is 2.21. The fraction of sp³-hybridized carbons (Fsp3) is 0.176. The molecule has 20 heavy (non-hydrogen) atoms. The summed E-state index contributed by atoms with van der Waals surface area (Å²) in [6.45, 7) is 3.75. The fourth-order valence-corrected chi connectivity index (χ4v) is 2.46. The third-order valence-corrected chi connectivity index (χ3v) is 3.81. The van der Waals surface area contributed by atoms with E-state index in [-0.39, 0.29) is 0 Å². The number of aryl methyl sites for hydroxylation is 1. The maximum atomic E-state index is 10.8. The molecule has 0 aliphatic heterocycles. The Hall–Kier alpha value is -1.77. The van der Waals surface area contributed by atoms with E-state index in [1.165, 1.54) is 0 Å². The molecule has 0 saturated carbocycles. The first-order valence-electron chi connectivity index (χ1n) is 6.46. The van der Waals surface area contributed by atoms with Crippen LogP contribution in [0, 0.1) is 6.92 Å². The second-order valence-electron chi connectivity index (χ2n) is 5.23. The number of hydrogen-bond donors (Lipinski definition) is 1. The Bertz CT molecular complexity index is 754. The summed E-state index contributed by atoms with van der Waals surface area (Å²) in [6, 6.07) is 15.0. The van der Waals surface area contributed by atoms with Gasteiger partial charge in [0.05, 0.1) is 0 Å². The summed E-state index contributed by atoms with van der Waals surface area (Å²) in [4.78, 5) is 0. The molecule has 1 aromatic heterocycles. The maximum absolute atomic E-state index is 10.8. The van der Waals surface area contributed by atoms with Crippen LogP contribution in [0.5, 0.6) is 0 Å². The van der Waals surface area contributed by atoms with Crippen molar-refractivity contribution in [1.29, 1.82) is 0 Å². The molecule has 3 heteroatoms. The smallest absolute Gasteiger partial charge is 0.144 e. The molecule has 1 unspecified atom stereocenters. The van der Waals surface area contributed by atoms with Crippen molar-refractivity contribution in [3.05, 3.63) is 70.4 Å². The van der Waals surface area contributed by atoms with Gasteiger partial charge in [0.25, 0.3) is 0 Å². The third-order valence-electron chi connectivity index (χ3n) is 3.57. The van der Waals surface area contributed by atoms with E-state index in [0.29, 0.717) is 10.8 Å². The maximum Gasteiger partial charge on any atom is 0.144 e. The number of hydrogen-bond acceptors (Lipinski definition) is 2. The predicted octanol–water partition coefficient (Wildman–Crippen LogP) is 4.65. The van der Waals surface area contributed by atoms with Crippen molar-refractivity contribution in [3.63, 3.8) is 0 Å². The molecule has 1 atom stereocenters. The topological polar surface area (TPSA) is 33.4 Å². The summed E-state index contributed by atoms with van der Waals surface area (Å²) >= 11 is 5.97. The summed E-state index contributed by atoms with van der Waals surface area (Å²) in [5, 5.41) is 12.3. The Balaban J connectivity index is 2.10. The molecule has 102 valence electrons. The van der Waals surface area contributed by atoms with E-state index >= 15 is 0 Å². The van der Waals surface area contributed by atoms with Gasteiger partial charge in [0.1, 0.15) is 16.9 Å². The molecule has 0 amide bonds. The van der Waals surface area contributed by atoms with Crippen LogP contribution in [-0.2, 0) is 5.60 Å². The standard InChI is InChI=1S/C17H15ClO2/c1-11-3-5-13(6-4-11)17(2,19)16-10-12-9-14(18)7-8-15(12)20-16/h3-10,19H,1-2H3. The highest BCUT2D eigenvalue weighted by Crippen LogP contribution is 2.34. The molecule has 3 aromatic rings. The molecule has 0 fully saturated rings. The second-order valence-corrected chi connectivity index (χ2v) is 5.67. The number of fused-ring (bicyclic) bond motifs is 1. The summed E-state index contributed by atoms with van der Waals surface area (Å²) in [5.74, 6) is 0.513. The van der Waals surface area contributed by atoms with E-state index in [2.05, 4.69) is 0 Å². The van der Waals surface area contributed by atoms with E-state index in [1.807, 2.05) is 49.4 Å². The summed E-state index contributed by atoms with van der Waals surface area (Å²) in [7, 11) is 0. The van der Waals surface area contributed by atoms with Crippen molar-refractivity contribution < 1.29 is 9.52 Å². The van der Waals surface area contributed by atoms with Gasteiger partial charge in [-0.3, -0.25) is 0 Å². The van der Waals surface area contributed by atoms with Crippen LogP contribution in [0.15, 0.2) is 52.9 Å². The highest BCUT2D eigenvalue weighted by molar-refractivity contribution is 6.31. The molecule has 1 heterocycles. The lowest BCUT2D eigenvalue weighted by atomic mass is 9.92. The van der Waals surface area contributed by atoms with Crippen molar-refractivity contribution in [2.24, 2.45) is 0 Å². The molecular formula is C17H15ClO2. The minimum Gasteiger partial charge on any atom is -0.458 e. The highest BCUT2D eigenvalue weighted by Gasteiger charge is 2.29. The molecule has 0 aliphatic rings. The van der Waals surface area contributed by atoms with Gasteiger partial charge in [-0.15, -0.1) is 0 Å². The molecule has 0 radical (unpaired) electrons. The van der Waals surface area contributed by atoms with Gasteiger partial charge in [-0.2, -0.15) is 0 Å². The summed E-state index contributed by atoms with van der Waals surface area (Å²) < 4.78 is 5.76. The first-order valence-corrected chi connectivity index (χ1v) is 6.84. The van der Waals surface area contributed by atoms with Gasteiger partial charge in [0.15, 0.2) is 0 Å². The van der Waals surface area contributed by atoms with Crippen molar-refractivity contribution in [2.45, 2.75) is 19.4 Å². The molecule has 0 saturated heterocycles. The van der Waals surface area contributed by atoms with Crippen LogP contribution in [0.1, 0.15) is 23.8 Å². The van der Waals surface area contributed by atoms with Crippen molar-refractivity contribution in [3.8, 4) is 0 Å². The zero-order chi connectivity index (χ0) is 14.3. The lowest BCUT2D eigenvalue weighted by molar-refractivity contribution is 0.0786. The van der Waals surface area contributed by atoms with E-state index in [4.69, 9.17) is 16.0 Å². The number of benzene rings is 2. The lowest BCUT2D eigenvalue weighted by Gasteiger charge is -2.21.